The smallest absolute Gasteiger partial charge is 0.240 e. The van der Waals surface area contributed by atoms with Crippen molar-refractivity contribution in [3.8, 4) is 17.3 Å². The van der Waals surface area contributed by atoms with E-state index in [2.05, 4.69) is 16.4 Å². The molecule has 2 heterocycles. The molecule has 24 heavy (non-hydrogen) atoms. The summed E-state index contributed by atoms with van der Waals surface area (Å²) in [7, 11) is 0. The number of nitrogens with zero attached hydrogens (tertiary/aromatic N) is 2. The quantitative estimate of drug-likeness (QED) is 0.907. The van der Waals surface area contributed by atoms with Gasteiger partial charge in [-0.15, -0.1) is 11.3 Å². The average Bonchev–Trinajstić information content (AvgIpc) is 3.12. The van der Waals surface area contributed by atoms with E-state index in [0.717, 1.165) is 16.3 Å². The summed E-state index contributed by atoms with van der Waals surface area (Å²) >= 11 is 1.59. The van der Waals surface area contributed by atoms with Crippen molar-refractivity contribution in [3.63, 3.8) is 0 Å². The maximum atomic E-state index is 12.4. The summed E-state index contributed by atoms with van der Waals surface area (Å²) in [5.41, 5.74) is 1.12. The van der Waals surface area contributed by atoms with E-state index in [4.69, 9.17) is 4.74 Å². The van der Waals surface area contributed by atoms with E-state index >= 15 is 0 Å². The second-order valence-corrected chi connectivity index (χ2v) is 6.75. The zero-order valence-corrected chi connectivity index (χ0v) is 14.1. The molecule has 6 heteroatoms. The van der Waals surface area contributed by atoms with Crippen molar-refractivity contribution < 1.29 is 9.53 Å². The Morgan fingerprint density at radius 3 is 2.79 bits per heavy atom. The summed E-state index contributed by atoms with van der Waals surface area (Å²) in [6.45, 7) is 1.42. The molecule has 1 N–H and O–H groups in total. The number of aromatic nitrogens is 1. The first kappa shape index (κ1) is 16.6. The van der Waals surface area contributed by atoms with Crippen molar-refractivity contribution in [2.75, 3.05) is 19.8 Å². The number of nitriles is 1. The Labute approximate surface area is 145 Å². The lowest BCUT2D eigenvalue weighted by atomic mass is 9.81. The van der Waals surface area contributed by atoms with Crippen LogP contribution in [0.15, 0.2) is 35.7 Å². The zero-order chi connectivity index (χ0) is 16.8. The molecule has 1 aromatic carbocycles. The fourth-order valence-corrected chi connectivity index (χ4v) is 3.54. The van der Waals surface area contributed by atoms with Crippen molar-refractivity contribution in [3.05, 3.63) is 40.7 Å². The number of carbonyl (C=O) groups excluding carboxylic acids is 1. The predicted octanol–water partition coefficient (Wildman–Crippen LogP) is 2.79. The third kappa shape index (κ3) is 3.64. The highest BCUT2D eigenvalue weighted by Gasteiger charge is 2.40. The number of ether oxygens (including phenoxy) is 1. The number of carbonyl (C=O) groups is 1. The molecule has 3 rings (SSSR count). The molecule has 0 bridgehead atoms. The van der Waals surface area contributed by atoms with E-state index in [1.165, 1.54) is 0 Å². The molecule has 1 saturated heterocycles. The first-order chi connectivity index (χ1) is 11.7. The normalized spacial score (nSPS) is 16.3. The monoisotopic (exact) mass is 341 g/mol. The Kier molecular flexibility index (Phi) is 5.24. The molecule has 2 aromatic rings. The van der Waals surface area contributed by atoms with Crippen molar-refractivity contribution in [1.29, 1.82) is 5.26 Å². The highest BCUT2D eigenvalue weighted by atomic mass is 32.1. The molecule has 1 amide bonds. The summed E-state index contributed by atoms with van der Waals surface area (Å²) in [4.78, 5) is 17.0. The van der Waals surface area contributed by atoms with Gasteiger partial charge in [-0.05, 0) is 12.8 Å². The van der Waals surface area contributed by atoms with Crippen molar-refractivity contribution in [1.82, 2.24) is 10.3 Å². The van der Waals surface area contributed by atoms with E-state index in [-0.39, 0.29) is 5.91 Å². The molecule has 0 saturated carbocycles. The number of hydrogen-bond acceptors (Lipinski definition) is 5. The van der Waals surface area contributed by atoms with Crippen LogP contribution in [-0.2, 0) is 16.0 Å². The van der Waals surface area contributed by atoms with E-state index in [0.29, 0.717) is 39.0 Å². The Bertz CT molecular complexity index is 730. The van der Waals surface area contributed by atoms with Gasteiger partial charge in [0, 0.05) is 37.1 Å². The highest BCUT2D eigenvalue weighted by Crippen LogP contribution is 2.29. The van der Waals surface area contributed by atoms with Crippen molar-refractivity contribution >= 4 is 17.2 Å². The molecule has 0 atom stereocenters. The molecule has 124 valence electrons. The van der Waals surface area contributed by atoms with Gasteiger partial charge >= 0.3 is 0 Å². The van der Waals surface area contributed by atoms with Gasteiger partial charge in [0.2, 0.25) is 5.91 Å². The topological polar surface area (TPSA) is 75.0 Å². The first-order valence-corrected chi connectivity index (χ1v) is 8.89. The fraction of sp³-hybridized carbons (Fsp3) is 0.389. The van der Waals surface area contributed by atoms with Crippen LogP contribution in [-0.4, -0.2) is 30.6 Å². The predicted molar refractivity (Wildman–Crippen MR) is 92.4 cm³/mol. The van der Waals surface area contributed by atoms with Gasteiger partial charge < -0.3 is 10.1 Å². The number of benzene rings is 1. The number of rotatable bonds is 5. The van der Waals surface area contributed by atoms with Crippen LogP contribution in [0.4, 0.5) is 0 Å². The minimum Gasteiger partial charge on any atom is -0.381 e. The SMILES string of the molecule is N#CC1(C(=O)NCCc2nc(-c3ccccc3)cs2)CCOCC1. The maximum Gasteiger partial charge on any atom is 0.240 e. The van der Waals surface area contributed by atoms with Gasteiger partial charge in [0.1, 0.15) is 5.41 Å². The standard InChI is InChI=1S/C18H19N3O2S/c19-13-18(7-10-23-11-8-18)17(22)20-9-6-16-21-15(12-24-16)14-4-2-1-3-5-14/h1-5,12H,6-11H2,(H,20,22). The molecule has 0 spiro atoms. The van der Waals surface area contributed by atoms with Gasteiger partial charge in [0.05, 0.1) is 16.8 Å². The van der Waals surface area contributed by atoms with Crippen LogP contribution in [0, 0.1) is 16.7 Å². The van der Waals surface area contributed by atoms with Crippen LogP contribution >= 0.6 is 11.3 Å². The van der Waals surface area contributed by atoms with E-state index in [1.807, 2.05) is 35.7 Å². The van der Waals surface area contributed by atoms with Crippen molar-refractivity contribution in [2.45, 2.75) is 19.3 Å². The van der Waals surface area contributed by atoms with Crippen LogP contribution in [0.2, 0.25) is 0 Å². The molecular weight excluding hydrogens is 322 g/mol. The summed E-state index contributed by atoms with van der Waals surface area (Å²) in [5.74, 6) is -0.187. The fourth-order valence-electron chi connectivity index (χ4n) is 2.73. The third-order valence-corrected chi connectivity index (χ3v) is 5.15. The molecule has 1 aliphatic heterocycles. The van der Waals surface area contributed by atoms with Gasteiger partial charge in [0.25, 0.3) is 0 Å². The summed E-state index contributed by atoms with van der Waals surface area (Å²) in [6.07, 6.45) is 1.59. The minimum atomic E-state index is -0.934. The third-order valence-electron chi connectivity index (χ3n) is 4.24. The lowest BCUT2D eigenvalue weighted by molar-refractivity contribution is -0.132. The van der Waals surface area contributed by atoms with E-state index in [1.54, 1.807) is 11.3 Å². The van der Waals surface area contributed by atoms with Gasteiger partial charge in [-0.3, -0.25) is 4.79 Å². The summed E-state index contributed by atoms with van der Waals surface area (Å²) < 4.78 is 5.26. The van der Waals surface area contributed by atoms with Crippen LogP contribution in [0.5, 0.6) is 0 Å². The van der Waals surface area contributed by atoms with Gasteiger partial charge in [-0.25, -0.2) is 4.98 Å². The number of hydrogen-bond donors (Lipinski definition) is 1. The molecular formula is C18H19N3O2S. The molecule has 0 unspecified atom stereocenters. The largest absolute Gasteiger partial charge is 0.381 e. The summed E-state index contributed by atoms with van der Waals surface area (Å²) in [5, 5.41) is 15.3. The van der Waals surface area contributed by atoms with Crippen LogP contribution in [0.3, 0.4) is 0 Å². The number of nitrogens with one attached hydrogen (secondary N) is 1. The van der Waals surface area contributed by atoms with Crippen molar-refractivity contribution in [2.24, 2.45) is 5.41 Å². The van der Waals surface area contributed by atoms with E-state index in [9.17, 15) is 10.1 Å². The Morgan fingerprint density at radius 2 is 2.08 bits per heavy atom. The second-order valence-electron chi connectivity index (χ2n) is 5.80. The highest BCUT2D eigenvalue weighted by molar-refractivity contribution is 7.09. The van der Waals surface area contributed by atoms with Gasteiger partial charge in [-0.1, -0.05) is 30.3 Å². The first-order valence-electron chi connectivity index (χ1n) is 8.01. The molecule has 5 nitrogen and oxygen atoms in total. The maximum absolute atomic E-state index is 12.4. The molecule has 0 radical (unpaired) electrons. The van der Waals surface area contributed by atoms with Crippen LogP contribution in [0.25, 0.3) is 11.3 Å². The molecule has 0 aliphatic carbocycles. The van der Waals surface area contributed by atoms with Gasteiger partial charge in [-0.2, -0.15) is 5.26 Å². The summed E-state index contributed by atoms with van der Waals surface area (Å²) in [6, 6.07) is 12.2. The molecule has 1 fully saturated rings. The Balaban J connectivity index is 1.54. The van der Waals surface area contributed by atoms with E-state index < -0.39 is 5.41 Å². The Hall–Kier alpha value is -2.23. The average molecular weight is 341 g/mol. The van der Waals surface area contributed by atoms with Crippen LogP contribution < -0.4 is 5.32 Å². The van der Waals surface area contributed by atoms with Crippen LogP contribution in [0.1, 0.15) is 17.8 Å². The molecule has 1 aliphatic rings. The lowest BCUT2D eigenvalue weighted by Gasteiger charge is -2.29. The van der Waals surface area contributed by atoms with Gasteiger partial charge in [0.15, 0.2) is 0 Å². The zero-order valence-electron chi connectivity index (χ0n) is 13.3. The Morgan fingerprint density at radius 1 is 1.33 bits per heavy atom. The number of thiazole rings is 1. The second kappa shape index (κ2) is 7.56. The minimum absolute atomic E-state index is 0.187. The molecule has 1 aromatic heterocycles. The lowest BCUT2D eigenvalue weighted by Crippen LogP contribution is -2.44. The number of amides is 1.